The highest BCUT2D eigenvalue weighted by Crippen LogP contribution is 2.35. The summed E-state index contributed by atoms with van der Waals surface area (Å²) in [5, 5.41) is 1.40. The van der Waals surface area contributed by atoms with Gasteiger partial charge in [-0.3, -0.25) is 9.47 Å². The smallest absolute Gasteiger partial charge is 0.348 e. The third kappa shape index (κ3) is 7.89. The summed E-state index contributed by atoms with van der Waals surface area (Å²) in [5.74, 6) is 0. The SMILES string of the molecule is CC.CC.COCCCN1CCN(c2ccc(-c3nc(=O)n(CCCOC)c4c3oc3ccc(Cl)cc34)cc2)CC1. The maximum absolute atomic E-state index is 13.2. The summed E-state index contributed by atoms with van der Waals surface area (Å²) < 4.78 is 18.3. The van der Waals surface area contributed by atoms with E-state index in [4.69, 9.17) is 25.5 Å². The van der Waals surface area contributed by atoms with E-state index in [1.807, 2.05) is 52.0 Å². The lowest BCUT2D eigenvalue weighted by molar-refractivity contribution is 0.169. The van der Waals surface area contributed by atoms with E-state index in [2.05, 4.69) is 26.9 Å². The van der Waals surface area contributed by atoms with Gasteiger partial charge in [0.25, 0.3) is 0 Å². The number of aromatic nitrogens is 2. The van der Waals surface area contributed by atoms with Crippen LogP contribution in [0.2, 0.25) is 5.02 Å². The lowest BCUT2D eigenvalue weighted by Crippen LogP contribution is -2.46. The maximum atomic E-state index is 13.2. The summed E-state index contributed by atoms with van der Waals surface area (Å²) in [4.78, 5) is 22.6. The number of anilines is 1. The molecule has 3 heterocycles. The lowest BCUT2D eigenvalue weighted by Gasteiger charge is -2.36. The number of nitrogens with zero attached hydrogens (tertiary/aromatic N) is 4. The molecule has 0 N–H and O–H groups in total. The van der Waals surface area contributed by atoms with E-state index in [0.717, 1.165) is 62.2 Å². The van der Waals surface area contributed by atoms with Crippen molar-refractivity contribution in [3.05, 3.63) is 58.0 Å². The molecule has 0 aliphatic carbocycles. The van der Waals surface area contributed by atoms with Gasteiger partial charge in [0, 0.05) is 88.4 Å². The minimum atomic E-state index is -0.310. The van der Waals surface area contributed by atoms with Crippen molar-refractivity contribution in [2.75, 3.05) is 65.1 Å². The van der Waals surface area contributed by atoms with Crippen molar-refractivity contribution in [1.82, 2.24) is 14.5 Å². The van der Waals surface area contributed by atoms with Gasteiger partial charge < -0.3 is 18.8 Å². The number of fused-ring (bicyclic) bond motifs is 3. The molecule has 5 rings (SSSR count). The van der Waals surface area contributed by atoms with Crippen molar-refractivity contribution in [2.24, 2.45) is 0 Å². The third-order valence-corrected chi connectivity index (χ3v) is 7.21. The van der Waals surface area contributed by atoms with Crippen LogP contribution in [-0.2, 0) is 16.0 Å². The molecule has 0 spiro atoms. The van der Waals surface area contributed by atoms with Crippen LogP contribution in [-0.4, -0.2) is 74.6 Å². The molecule has 0 unspecified atom stereocenters. The number of benzene rings is 2. The van der Waals surface area contributed by atoms with E-state index in [0.29, 0.717) is 41.5 Å². The number of furan rings is 1. The number of aryl methyl sites for hydroxylation is 1. The summed E-state index contributed by atoms with van der Waals surface area (Å²) in [7, 11) is 3.40. The van der Waals surface area contributed by atoms with Crippen LogP contribution in [0, 0.1) is 0 Å². The fraction of sp³-hybridized carbons (Fsp3) is 0.500. The Morgan fingerprint density at radius 3 is 2.15 bits per heavy atom. The Hall–Kier alpha value is -2.91. The third-order valence-electron chi connectivity index (χ3n) is 6.98. The van der Waals surface area contributed by atoms with Crippen molar-refractivity contribution < 1.29 is 13.9 Å². The lowest BCUT2D eigenvalue weighted by atomic mass is 10.1. The normalized spacial score (nSPS) is 13.6. The van der Waals surface area contributed by atoms with Gasteiger partial charge in [0.05, 0.1) is 0 Å². The molecule has 0 atom stereocenters. The molecule has 1 saturated heterocycles. The Morgan fingerprint density at radius 2 is 1.51 bits per heavy atom. The summed E-state index contributed by atoms with van der Waals surface area (Å²) in [6.07, 6.45) is 1.75. The molecule has 9 heteroatoms. The zero-order chi connectivity index (χ0) is 29.8. The first-order valence-electron chi connectivity index (χ1n) is 14.8. The largest absolute Gasteiger partial charge is 0.452 e. The van der Waals surface area contributed by atoms with Crippen LogP contribution in [0.15, 0.2) is 51.7 Å². The second kappa shape index (κ2) is 16.5. The second-order valence-electron chi connectivity index (χ2n) is 9.38. The number of rotatable bonds is 10. The van der Waals surface area contributed by atoms with Crippen molar-refractivity contribution in [2.45, 2.75) is 47.1 Å². The standard InChI is InChI=1S/C28H33ClN4O4.2C2H6/c1-35-17-3-11-31-13-15-32(16-14-31)22-8-5-20(6-9-22)25-27-26(23-19-21(29)7-10-24(23)37-27)33(28(34)30-25)12-4-18-36-2;2*1-2/h5-10,19H,3-4,11-18H2,1-2H3;2*1-2H3. The fourth-order valence-corrected chi connectivity index (χ4v) is 5.22. The molecule has 8 nitrogen and oxygen atoms in total. The number of methoxy groups -OCH3 is 2. The van der Waals surface area contributed by atoms with Crippen LogP contribution in [0.4, 0.5) is 5.69 Å². The molecular formula is C32H45ClN4O4. The molecule has 224 valence electrons. The number of hydrogen-bond donors (Lipinski definition) is 0. The van der Waals surface area contributed by atoms with Gasteiger partial charge in [-0.1, -0.05) is 51.4 Å². The van der Waals surface area contributed by atoms with Crippen LogP contribution in [0.1, 0.15) is 40.5 Å². The zero-order valence-corrected chi connectivity index (χ0v) is 26.2. The Balaban J connectivity index is 0.00000111. The first-order valence-corrected chi connectivity index (χ1v) is 15.1. The number of ether oxygens (including phenoxy) is 2. The first kappa shape index (κ1) is 32.6. The van der Waals surface area contributed by atoms with E-state index in [-0.39, 0.29) is 5.69 Å². The summed E-state index contributed by atoms with van der Waals surface area (Å²) in [6, 6.07) is 13.7. The van der Waals surface area contributed by atoms with Crippen LogP contribution in [0.25, 0.3) is 33.3 Å². The zero-order valence-electron chi connectivity index (χ0n) is 25.4. The van der Waals surface area contributed by atoms with E-state index in [9.17, 15) is 4.79 Å². The van der Waals surface area contributed by atoms with E-state index < -0.39 is 0 Å². The molecule has 0 saturated carbocycles. The highest BCUT2D eigenvalue weighted by Gasteiger charge is 2.21. The Labute approximate surface area is 248 Å². The molecule has 1 fully saturated rings. The summed E-state index contributed by atoms with van der Waals surface area (Å²) in [6.45, 7) is 14.9. The molecule has 2 aromatic carbocycles. The minimum absolute atomic E-state index is 0.310. The van der Waals surface area contributed by atoms with Crippen LogP contribution < -0.4 is 10.6 Å². The van der Waals surface area contributed by atoms with E-state index in [1.165, 1.54) is 5.69 Å². The van der Waals surface area contributed by atoms with Crippen molar-refractivity contribution in [3.8, 4) is 11.3 Å². The molecule has 4 aromatic rings. The van der Waals surface area contributed by atoms with Crippen LogP contribution >= 0.6 is 11.6 Å². The van der Waals surface area contributed by atoms with E-state index in [1.54, 1.807) is 24.9 Å². The summed E-state index contributed by atoms with van der Waals surface area (Å²) in [5.41, 5.74) is 4.23. The average molecular weight is 585 g/mol. The molecule has 1 aliphatic rings. The monoisotopic (exact) mass is 584 g/mol. The van der Waals surface area contributed by atoms with Gasteiger partial charge in [0.2, 0.25) is 0 Å². The van der Waals surface area contributed by atoms with Crippen molar-refractivity contribution in [1.29, 1.82) is 0 Å². The van der Waals surface area contributed by atoms with Crippen molar-refractivity contribution in [3.63, 3.8) is 0 Å². The second-order valence-corrected chi connectivity index (χ2v) is 9.82. The van der Waals surface area contributed by atoms with Gasteiger partial charge in [-0.2, -0.15) is 4.98 Å². The Kier molecular flexibility index (Phi) is 13.1. The highest BCUT2D eigenvalue weighted by molar-refractivity contribution is 6.31. The predicted molar refractivity (Wildman–Crippen MR) is 171 cm³/mol. The maximum Gasteiger partial charge on any atom is 0.348 e. The topological polar surface area (TPSA) is 73.0 Å². The summed E-state index contributed by atoms with van der Waals surface area (Å²) >= 11 is 6.31. The van der Waals surface area contributed by atoms with Gasteiger partial charge in [-0.25, -0.2) is 4.79 Å². The Bertz CT molecular complexity index is 1410. The number of hydrogen-bond acceptors (Lipinski definition) is 7. The molecular weight excluding hydrogens is 540 g/mol. The van der Waals surface area contributed by atoms with Gasteiger partial charge in [0.15, 0.2) is 5.58 Å². The highest BCUT2D eigenvalue weighted by atomic mass is 35.5. The van der Waals surface area contributed by atoms with E-state index >= 15 is 0 Å². The van der Waals surface area contributed by atoms with Gasteiger partial charge in [-0.15, -0.1) is 0 Å². The minimum Gasteiger partial charge on any atom is -0.452 e. The first-order chi connectivity index (χ1) is 20.1. The van der Waals surface area contributed by atoms with Gasteiger partial charge >= 0.3 is 5.69 Å². The molecule has 0 bridgehead atoms. The molecule has 0 amide bonds. The number of piperazine rings is 1. The predicted octanol–water partition coefficient (Wildman–Crippen LogP) is 6.71. The van der Waals surface area contributed by atoms with Crippen LogP contribution in [0.5, 0.6) is 0 Å². The molecule has 1 aliphatic heterocycles. The van der Waals surface area contributed by atoms with Gasteiger partial charge in [0.1, 0.15) is 16.8 Å². The average Bonchev–Trinajstić information content (AvgIpc) is 3.39. The number of halogens is 1. The quantitative estimate of drug-likeness (QED) is 0.192. The fourth-order valence-electron chi connectivity index (χ4n) is 5.05. The molecule has 0 radical (unpaired) electrons. The van der Waals surface area contributed by atoms with Crippen LogP contribution in [0.3, 0.4) is 0 Å². The Morgan fingerprint density at radius 1 is 0.878 bits per heavy atom. The van der Waals surface area contributed by atoms with Crippen molar-refractivity contribution >= 4 is 39.4 Å². The molecule has 2 aromatic heterocycles. The molecule has 41 heavy (non-hydrogen) atoms. The van der Waals surface area contributed by atoms with Gasteiger partial charge in [-0.05, 0) is 43.2 Å².